The molecule has 0 saturated heterocycles. The molecule has 0 bridgehead atoms. The Morgan fingerprint density at radius 2 is 2.13 bits per heavy atom. The zero-order valence-electron chi connectivity index (χ0n) is 8.09. The van der Waals surface area contributed by atoms with Crippen LogP contribution in [0.5, 0.6) is 5.75 Å². The predicted octanol–water partition coefficient (Wildman–Crippen LogP) is 1.26. The molecule has 15 heavy (non-hydrogen) atoms. The molecular formula is C10H12N2O3. The van der Waals surface area contributed by atoms with Gasteiger partial charge in [0, 0.05) is 31.3 Å². The molecular weight excluding hydrogens is 196 g/mol. The Balaban J connectivity index is 1.74. The van der Waals surface area contributed by atoms with Crippen molar-refractivity contribution in [3.8, 4) is 5.75 Å². The Hall–Kier alpha value is -1.78. The number of hydrogen-bond acceptors (Lipinski definition) is 3. The van der Waals surface area contributed by atoms with Crippen molar-refractivity contribution >= 4 is 6.09 Å². The largest absolute Gasteiger partial charge is 0.490 e. The second-order valence-corrected chi connectivity index (χ2v) is 3.54. The SMILES string of the molecule is O=C(O)NC1CC(Oc2ccncc2)C1. The molecule has 0 aliphatic heterocycles. The van der Waals surface area contributed by atoms with Crippen molar-refractivity contribution in [2.24, 2.45) is 0 Å². The van der Waals surface area contributed by atoms with E-state index in [1.54, 1.807) is 24.5 Å². The fourth-order valence-electron chi connectivity index (χ4n) is 1.56. The number of carbonyl (C=O) groups is 1. The summed E-state index contributed by atoms with van der Waals surface area (Å²) in [5, 5.41) is 10.9. The summed E-state index contributed by atoms with van der Waals surface area (Å²) in [5.74, 6) is 0.781. The average Bonchev–Trinajstić information content (AvgIpc) is 2.15. The number of rotatable bonds is 3. The van der Waals surface area contributed by atoms with E-state index in [1.807, 2.05) is 0 Å². The first-order chi connectivity index (χ1) is 7.24. The molecule has 1 saturated carbocycles. The van der Waals surface area contributed by atoms with Crippen molar-refractivity contribution in [3.05, 3.63) is 24.5 Å². The fraction of sp³-hybridized carbons (Fsp3) is 0.400. The lowest BCUT2D eigenvalue weighted by Gasteiger charge is -2.34. The van der Waals surface area contributed by atoms with Gasteiger partial charge in [-0.1, -0.05) is 0 Å². The van der Waals surface area contributed by atoms with Crippen molar-refractivity contribution in [2.45, 2.75) is 25.0 Å². The highest BCUT2D eigenvalue weighted by Crippen LogP contribution is 2.25. The van der Waals surface area contributed by atoms with Crippen LogP contribution < -0.4 is 10.1 Å². The van der Waals surface area contributed by atoms with Crippen LogP contribution in [0.2, 0.25) is 0 Å². The molecule has 1 aromatic heterocycles. The highest BCUT2D eigenvalue weighted by atomic mass is 16.5. The summed E-state index contributed by atoms with van der Waals surface area (Å²) in [7, 11) is 0. The quantitative estimate of drug-likeness (QED) is 0.784. The van der Waals surface area contributed by atoms with E-state index in [-0.39, 0.29) is 12.1 Å². The summed E-state index contributed by atoms with van der Waals surface area (Å²) in [6, 6.07) is 3.62. The molecule has 1 aromatic rings. The Kier molecular flexibility index (Phi) is 2.71. The van der Waals surface area contributed by atoms with Gasteiger partial charge in [-0.3, -0.25) is 4.98 Å². The average molecular weight is 208 g/mol. The zero-order valence-corrected chi connectivity index (χ0v) is 8.09. The first-order valence-corrected chi connectivity index (χ1v) is 4.80. The number of nitrogens with one attached hydrogen (secondary N) is 1. The molecule has 80 valence electrons. The van der Waals surface area contributed by atoms with Crippen LogP contribution in [0.3, 0.4) is 0 Å². The highest BCUT2D eigenvalue weighted by Gasteiger charge is 2.31. The second-order valence-electron chi connectivity index (χ2n) is 3.54. The highest BCUT2D eigenvalue weighted by molar-refractivity contribution is 5.65. The number of amides is 1. The van der Waals surface area contributed by atoms with Crippen molar-refractivity contribution < 1.29 is 14.6 Å². The molecule has 5 heteroatoms. The first kappa shape index (κ1) is 9.76. The standard InChI is InChI=1S/C10H12N2O3/c13-10(14)12-7-5-9(6-7)15-8-1-3-11-4-2-8/h1-4,7,9,12H,5-6H2,(H,13,14). The van der Waals surface area contributed by atoms with Crippen LogP contribution in [0, 0.1) is 0 Å². The van der Waals surface area contributed by atoms with Crippen LogP contribution >= 0.6 is 0 Å². The van der Waals surface area contributed by atoms with Gasteiger partial charge in [-0.25, -0.2) is 4.79 Å². The Morgan fingerprint density at radius 1 is 1.47 bits per heavy atom. The molecule has 2 rings (SSSR count). The number of aromatic nitrogens is 1. The number of ether oxygens (including phenoxy) is 1. The van der Waals surface area contributed by atoms with Crippen molar-refractivity contribution in [2.75, 3.05) is 0 Å². The predicted molar refractivity (Wildman–Crippen MR) is 52.8 cm³/mol. The lowest BCUT2D eigenvalue weighted by molar-refractivity contribution is 0.0833. The van der Waals surface area contributed by atoms with Crippen LogP contribution in [0.25, 0.3) is 0 Å². The topological polar surface area (TPSA) is 71.5 Å². The van der Waals surface area contributed by atoms with Crippen LogP contribution in [0.15, 0.2) is 24.5 Å². The van der Waals surface area contributed by atoms with Crippen molar-refractivity contribution in [3.63, 3.8) is 0 Å². The van der Waals surface area contributed by atoms with Crippen LogP contribution in [-0.2, 0) is 0 Å². The summed E-state index contributed by atoms with van der Waals surface area (Å²) >= 11 is 0. The maximum absolute atomic E-state index is 10.3. The van der Waals surface area contributed by atoms with Gasteiger partial charge >= 0.3 is 6.09 Å². The van der Waals surface area contributed by atoms with Gasteiger partial charge in [0.05, 0.1) is 0 Å². The molecule has 0 atom stereocenters. The molecule has 1 aliphatic carbocycles. The van der Waals surface area contributed by atoms with E-state index >= 15 is 0 Å². The van der Waals surface area contributed by atoms with Gasteiger partial charge in [0.1, 0.15) is 11.9 Å². The molecule has 1 heterocycles. The third-order valence-electron chi connectivity index (χ3n) is 2.37. The first-order valence-electron chi connectivity index (χ1n) is 4.80. The van der Waals surface area contributed by atoms with Crippen molar-refractivity contribution in [1.82, 2.24) is 10.3 Å². The molecule has 2 N–H and O–H groups in total. The van der Waals surface area contributed by atoms with E-state index in [1.165, 1.54) is 0 Å². The third kappa shape index (κ3) is 2.59. The molecule has 0 unspecified atom stereocenters. The van der Waals surface area contributed by atoms with Gasteiger partial charge in [-0.05, 0) is 12.1 Å². The van der Waals surface area contributed by atoms with Gasteiger partial charge < -0.3 is 15.2 Å². The number of nitrogens with zero attached hydrogens (tertiary/aromatic N) is 1. The molecule has 5 nitrogen and oxygen atoms in total. The van der Waals surface area contributed by atoms with E-state index in [2.05, 4.69) is 10.3 Å². The lowest BCUT2D eigenvalue weighted by Crippen LogP contribution is -2.48. The molecule has 0 spiro atoms. The van der Waals surface area contributed by atoms with E-state index in [4.69, 9.17) is 9.84 Å². The van der Waals surface area contributed by atoms with E-state index in [0.29, 0.717) is 0 Å². The molecule has 0 aromatic carbocycles. The maximum Gasteiger partial charge on any atom is 0.404 e. The fourth-order valence-corrected chi connectivity index (χ4v) is 1.56. The van der Waals surface area contributed by atoms with Gasteiger partial charge in [-0.2, -0.15) is 0 Å². The number of pyridine rings is 1. The van der Waals surface area contributed by atoms with Gasteiger partial charge in [0.15, 0.2) is 0 Å². The Morgan fingerprint density at radius 3 is 2.73 bits per heavy atom. The maximum atomic E-state index is 10.3. The normalized spacial score (nSPS) is 24.0. The number of carboxylic acid groups (broad SMARTS) is 1. The summed E-state index contributed by atoms with van der Waals surface area (Å²) in [4.78, 5) is 14.2. The van der Waals surface area contributed by atoms with E-state index in [9.17, 15) is 4.79 Å². The van der Waals surface area contributed by atoms with Crippen molar-refractivity contribution in [1.29, 1.82) is 0 Å². The van der Waals surface area contributed by atoms with Gasteiger partial charge in [0.2, 0.25) is 0 Å². The summed E-state index contributed by atoms with van der Waals surface area (Å²) in [6.07, 6.45) is 3.94. The molecule has 1 amide bonds. The second kappa shape index (κ2) is 4.16. The van der Waals surface area contributed by atoms with Crippen LogP contribution in [0.1, 0.15) is 12.8 Å². The summed E-state index contributed by atoms with van der Waals surface area (Å²) < 4.78 is 5.59. The van der Waals surface area contributed by atoms with Crippen LogP contribution in [0.4, 0.5) is 4.79 Å². The number of hydrogen-bond donors (Lipinski definition) is 2. The summed E-state index contributed by atoms with van der Waals surface area (Å²) in [6.45, 7) is 0. The molecule has 0 radical (unpaired) electrons. The lowest BCUT2D eigenvalue weighted by atomic mass is 9.89. The van der Waals surface area contributed by atoms with E-state index in [0.717, 1.165) is 18.6 Å². The minimum Gasteiger partial charge on any atom is -0.490 e. The smallest absolute Gasteiger partial charge is 0.404 e. The minimum atomic E-state index is -0.970. The Labute approximate surface area is 87.1 Å². The van der Waals surface area contributed by atoms with E-state index < -0.39 is 6.09 Å². The molecule has 1 aliphatic rings. The zero-order chi connectivity index (χ0) is 10.7. The van der Waals surface area contributed by atoms with Crippen LogP contribution in [-0.4, -0.2) is 28.3 Å². The minimum absolute atomic E-state index is 0.0364. The third-order valence-corrected chi connectivity index (χ3v) is 2.37. The summed E-state index contributed by atoms with van der Waals surface area (Å²) in [5.41, 5.74) is 0. The Bertz CT molecular complexity index is 336. The molecule has 1 fully saturated rings. The van der Waals surface area contributed by atoms with Gasteiger partial charge in [0.25, 0.3) is 0 Å². The van der Waals surface area contributed by atoms with Gasteiger partial charge in [-0.15, -0.1) is 0 Å². The monoisotopic (exact) mass is 208 g/mol.